The molecule has 4 heteroatoms. The highest BCUT2D eigenvalue weighted by molar-refractivity contribution is 6.14. The van der Waals surface area contributed by atoms with Crippen molar-refractivity contribution in [2.45, 2.75) is 20.3 Å². The van der Waals surface area contributed by atoms with Gasteiger partial charge in [0.25, 0.3) is 5.91 Å². The van der Waals surface area contributed by atoms with Crippen LogP contribution in [0.1, 0.15) is 29.3 Å². The third-order valence-electron chi connectivity index (χ3n) is 3.55. The molecule has 96 valence electrons. The fourth-order valence-electron chi connectivity index (χ4n) is 2.22. The maximum absolute atomic E-state index is 12.4. The number of carbonyl (C=O) groups is 2. The first-order valence-corrected chi connectivity index (χ1v) is 5.96. The Hall–Kier alpha value is -1.68. The van der Waals surface area contributed by atoms with Gasteiger partial charge in [-0.2, -0.15) is 0 Å². The van der Waals surface area contributed by atoms with Gasteiger partial charge >= 0.3 is 0 Å². The van der Waals surface area contributed by atoms with Crippen molar-refractivity contribution in [3.05, 3.63) is 35.4 Å². The molecular weight excluding hydrogens is 230 g/mol. The van der Waals surface area contributed by atoms with Crippen molar-refractivity contribution in [2.75, 3.05) is 13.7 Å². The Morgan fingerprint density at radius 1 is 1.33 bits per heavy atom. The molecule has 1 aromatic carbocycles. The molecule has 1 atom stereocenters. The zero-order valence-corrected chi connectivity index (χ0v) is 10.9. The minimum absolute atomic E-state index is 0.132. The lowest BCUT2D eigenvalue weighted by Crippen LogP contribution is -2.37. The van der Waals surface area contributed by atoms with E-state index in [9.17, 15) is 9.59 Å². The highest BCUT2D eigenvalue weighted by Crippen LogP contribution is 2.34. The Balaban J connectivity index is 2.29. The minimum Gasteiger partial charge on any atom is -0.293 e. The van der Waals surface area contributed by atoms with E-state index in [0.29, 0.717) is 18.5 Å². The summed E-state index contributed by atoms with van der Waals surface area (Å²) in [4.78, 5) is 29.5. The molecule has 0 N–H and O–H groups in total. The summed E-state index contributed by atoms with van der Waals surface area (Å²) in [6.45, 7) is 4.11. The van der Waals surface area contributed by atoms with Crippen LogP contribution in [0, 0.1) is 12.3 Å². The SMILES string of the molecule is CON1CC[C@@](C)(C(=O)c2ccc(C)cc2)C1=O. The molecule has 0 unspecified atom stereocenters. The molecule has 1 saturated heterocycles. The second-order valence-electron chi connectivity index (χ2n) is 4.87. The van der Waals surface area contributed by atoms with Gasteiger partial charge in [-0.15, -0.1) is 0 Å². The van der Waals surface area contributed by atoms with E-state index in [4.69, 9.17) is 4.84 Å². The number of benzene rings is 1. The van der Waals surface area contributed by atoms with Gasteiger partial charge in [-0.05, 0) is 20.3 Å². The molecule has 0 bridgehead atoms. The number of rotatable bonds is 3. The number of aryl methyl sites for hydroxylation is 1. The summed E-state index contributed by atoms with van der Waals surface area (Å²) in [5.41, 5.74) is 0.674. The van der Waals surface area contributed by atoms with Gasteiger partial charge in [0.15, 0.2) is 5.78 Å². The van der Waals surface area contributed by atoms with E-state index in [0.717, 1.165) is 5.56 Å². The number of amides is 1. The van der Waals surface area contributed by atoms with Gasteiger partial charge in [-0.3, -0.25) is 14.4 Å². The summed E-state index contributed by atoms with van der Waals surface area (Å²) < 4.78 is 0. The predicted octanol–water partition coefficient (Wildman–Crippen LogP) is 1.98. The second-order valence-corrected chi connectivity index (χ2v) is 4.87. The zero-order valence-electron chi connectivity index (χ0n) is 10.9. The first-order chi connectivity index (χ1) is 8.49. The molecule has 0 radical (unpaired) electrons. The van der Waals surface area contributed by atoms with Crippen molar-refractivity contribution >= 4 is 11.7 Å². The Kier molecular flexibility index (Phi) is 3.22. The van der Waals surface area contributed by atoms with Crippen LogP contribution in [0.2, 0.25) is 0 Å². The number of ketones is 1. The molecule has 1 fully saturated rings. The van der Waals surface area contributed by atoms with Gasteiger partial charge in [0.05, 0.1) is 13.7 Å². The third kappa shape index (κ3) is 1.93. The average molecular weight is 247 g/mol. The van der Waals surface area contributed by atoms with Gasteiger partial charge in [-0.1, -0.05) is 29.8 Å². The first-order valence-electron chi connectivity index (χ1n) is 5.96. The van der Waals surface area contributed by atoms with Crippen LogP contribution in [0.25, 0.3) is 0 Å². The van der Waals surface area contributed by atoms with Crippen molar-refractivity contribution in [1.29, 1.82) is 0 Å². The molecule has 1 aliphatic heterocycles. The van der Waals surface area contributed by atoms with E-state index in [2.05, 4.69) is 0 Å². The summed E-state index contributed by atoms with van der Waals surface area (Å²) in [7, 11) is 1.44. The molecule has 0 spiro atoms. The largest absolute Gasteiger partial charge is 0.293 e. The molecule has 1 amide bonds. The molecule has 1 aromatic rings. The molecule has 18 heavy (non-hydrogen) atoms. The third-order valence-corrected chi connectivity index (χ3v) is 3.55. The summed E-state index contributed by atoms with van der Waals surface area (Å²) >= 11 is 0. The number of nitrogens with zero attached hydrogens (tertiary/aromatic N) is 1. The molecular formula is C14H17NO3. The second kappa shape index (κ2) is 4.53. The van der Waals surface area contributed by atoms with Gasteiger partial charge in [0.1, 0.15) is 5.41 Å². The standard InChI is InChI=1S/C14H17NO3/c1-10-4-6-11(7-5-10)12(16)14(2)8-9-15(18-3)13(14)17/h4-7H,8-9H2,1-3H3/t14-/m0/s1. The number of hydrogen-bond acceptors (Lipinski definition) is 3. The van der Waals surface area contributed by atoms with Crippen LogP contribution < -0.4 is 0 Å². The Labute approximate surface area is 106 Å². The molecule has 0 saturated carbocycles. The Morgan fingerprint density at radius 3 is 2.44 bits per heavy atom. The zero-order chi connectivity index (χ0) is 13.3. The van der Waals surface area contributed by atoms with Crippen molar-refractivity contribution in [2.24, 2.45) is 5.41 Å². The van der Waals surface area contributed by atoms with Crippen LogP contribution in [-0.2, 0) is 9.63 Å². The summed E-state index contributed by atoms with van der Waals surface area (Å²) in [6, 6.07) is 7.30. The van der Waals surface area contributed by atoms with Crippen molar-refractivity contribution < 1.29 is 14.4 Å². The van der Waals surface area contributed by atoms with Crippen molar-refractivity contribution in [3.8, 4) is 0 Å². The van der Waals surface area contributed by atoms with E-state index in [1.54, 1.807) is 19.1 Å². The van der Waals surface area contributed by atoms with Crippen LogP contribution in [0.15, 0.2) is 24.3 Å². The Bertz CT molecular complexity index is 480. The molecule has 4 nitrogen and oxygen atoms in total. The van der Waals surface area contributed by atoms with Gasteiger partial charge < -0.3 is 0 Å². The smallest absolute Gasteiger partial charge is 0.259 e. The average Bonchev–Trinajstić information content (AvgIpc) is 2.67. The van der Waals surface area contributed by atoms with Crippen LogP contribution in [-0.4, -0.2) is 30.4 Å². The maximum atomic E-state index is 12.4. The van der Waals surface area contributed by atoms with E-state index >= 15 is 0 Å². The lowest BCUT2D eigenvalue weighted by Gasteiger charge is -2.21. The summed E-state index contributed by atoms with van der Waals surface area (Å²) in [6.07, 6.45) is 0.492. The van der Waals surface area contributed by atoms with Crippen LogP contribution in [0.3, 0.4) is 0 Å². The van der Waals surface area contributed by atoms with E-state index < -0.39 is 5.41 Å². The summed E-state index contributed by atoms with van der Waals surface area (Å²) in [5.74, 6) is -0.386. The van der Waals surface area contributed by atoms with E-state index in [1.807, 2.05) is 19.1 Å². The molecule has 0 aliphatic carbocycles. The number of hydroxylamine groups is 2. The fraction of sp³-hybridized carbons (Fsp3) is 0.429. The van der Waals surface area contributed by atoms with Gasteiger partial charge in [0.2, 0.25) is 0 Å². The lowest BCUT2D eigenvalue weighted by atomic mass is 9.81. The predicted molar refractivity (Wildman–Crippen MR) is 67.0 cm³/mol. The topological polar surface area (TPSA) is 46.6 Å². The van der Waals surface area contributed by atoms with E-state index in [-0.39, 0.29) is 11.7 Å². The minimum atomic E-state index is -0.995. The van der Waals surface area contributed by atoms with Crippen LogP contribution in [0.4, 0.5) is 0 Å². The summed E-state index contributed by atoms with van der Waals surface area (Å²) in [5, 5.41) is 1.26. The molecule has 2 rings (SSSR count). The fourth-order valence-corrected chi connectivity index (χ4v) is 2.22. The monoisotopic (exact) mass is 247 g/mol. The first kappa shape index (κ1) is 12.8. The van der Waals surface area contributed by atoms with Crippen LogP contribution >= 0.6 is 0 Å². The highest BCUT2D eigenvalue weighted by Gasteiger charge is 2.49. The molecule has 0 aromatic heterocycles. The Morgan fingerprint density at radius 2 is 1.94 bits per heavy atom. The highest BCUT2D eigenvalue weighted by atomic mass is 16.7. The number of Topliss-reactive ketones (excluding diaryl/α,β-unsaturated/α-hetero) is 1. The normalized spacial score (nSPS) is 23.5. The molecule has 1 aliphatic rings. The van der Waals surface area contributed by atoms with E-state index in [1.165, 1.54) is 12.2 Å². The van der Waals surface area contributed by atoms with Gasteiger partial charge in [0, 0.05) is 5.56 Å². The molecule has 1 heterocycles. The lowest BCUT2D eigenvalue weighted by molar-refractivity contribution is -0.171. The number of hydrogen-bond donors (Lipinski definition) is 0. The van der Waals surface area contributed by atoms with Crippen LogP contribution in [0.5, 0.6) is 0 Å². The maximum Gasteiger partial charge on any atom is 0.259 e. The van der Waals surface area contributed by atoms with Crippen molar-refractivity contribution in [3.63, 3.8) is 0 Å². The van der Waals surface area contributed by atoms with Gasteiger partial charge in [-0.25, -0.2) is 5.06 Å². The number of carbonyl (C=O) groups excluding carboxylic acids is 2. The quantitative estimate of drug-likeness (QED) is 0.606. The van der Waals surface area contributed by atoms with Crippen molar-refractivity contribution in [1.82, 2.24) is 5.06 Å².